The van der Waals surface area contributed by atoms with Gasteiger partial charge in [0.05, 0.1) is 12.9 Å². The Hall–Kier alpha value is -1.21. The van der Waals surface area contributed by atoms with Crippen molar-refractivity contribution in [2.24, 2.45) is 0 Å². The average molecular weight is 257 g/mol. The summed E-state index contributed by atoms with van der Waals surface area (Å²) in [6, 6.07) is 0. The van der Waals surface area contributed by atoms with E-state index in [0.717, 1.165) is 0 Å². The first-order valence-corrected chi connectivity index (χ1v) is 7.01. The normalized spacial score (nSPS) is 18.5. The number of sulfonamides is 1. The zero-order chi connectivity index (χ0) is 12.5. The number of aromatic nitrogens is 2. The number of hydrogen-bond acceptors (Lipinski definition) is 4. The van der Waals surface area contributed by atoms with Gasteiger partial charge < -0.3 is 4.57 Å². The largest absolute Gasteiger partial charge is 0.336 e. The maximum atomic E-state index is 12.2. The standard InChI is InChI=1S/C10H15N3O3S/c1-2-12-7-10(11-8-12)17(15,16)13-5-3-4-9(14)6-13/h7-8H,2-6H2,1H3. The molecule has 2 rings (SSSR count). The molecule has 0 aromatic carbocycles. The van der Waals surface area contributed by atoms with Crippen LogP contribution in [0.15, 0.2) is 17.6 Å². The highest BCUT2D eigenvalue weighted by Crippen LogP contribution is 2.17. The van der Waals surface area contributed by atoms with Gasteiger partial charge in [-0.25, -0.2) is 13.4 Å². The predicted molar refractivity (Wildman–Crippen MR) is 60.9 cm³/mol. The second kappa shape index (κ2) is 4.58. The molecule has 1 aliphatic heterocycles. The Bertz CT molecular complexity index is 521. The van der Waals surface area contributed by atoms with Gasteiger partial charge in [-0.2, -0.15) is 4.31 Å². The Labute approximate surface area is 100 Å². The average Bonchev–Trinajstić information content (AvgIpc) is 2.78. The summed E-state index contributed by atoms with van der Waals surface area (Å²) in [6.07, 6.45) is 4.04. The highest BCUT2D eigenvalue weighted by molar-refractivity contribution is 7.89. The lowest BCUT2D eigenvalue weighted by Gasteiger charge is -2.23. The molecule has 94 valence electrons. The Morgan fingerprint density at radius 1 is 1.47 bits per heavy atom. The van der Waals surface area contributed by atoms with Gasteiger partial charge in [0, 0.05) is 25.7 Å². The maximum Gasteiger partial charge on any atom is 0.262 e. The van der Waals surface area contributed by atoms with E-state index in [1.807, 2.05) is 6.92 Å². The summed E-state index contributed by atoms with van der Waals surface area (Å²) in [5, 5.41) is 0.0223. The molecule has 1 fully saturated rings. The van der Waals surface area contributed by atoms with Crippen molar-refractivity contribution in [3.05, 3.63) is 12.5 Å². The number of rotatable bonds is 3. The number of carbonyl (C=O) groups excluding carboxylic acids is 1. The quantitative estimate of drug-likeness (QED) is 0.778. The second-order valence-electron chi connectivity index (χ2n) is 4.02. The van der Waals surface area contributed by atoms with E-state index in [2.05, 4.69) is 4.98 Å². The summed E-state index contributed by atoms with van der Waals surface area (Å²) in [5.41, 5.74) is 0. The summed E-state index contributed by atoms with van der Waals surface area (Å²) >= 11 is 0. The summed E-state index contributed by atoms with van der Waals surface area (Å²) < 4.78 is 27.2. The van der Waals surface area contributed by atoms with Crippen molar-refractivity contribution >= 4 is 15.8 Å². The lowest BCUT2D eigenvalue weighted by Crippen LogP contribution is -2.40. The van der Waals surface area contributed by atoms with Crippen LogP contribution >= 0.6 is 0 Å². The number of ketones is 1. The number of carbonyl (C=O) groups is 1. The smallest absolute Gasteiger partial charge is 0.262 e. The Morgan fingerprint density at radius 2 is 2.24 bits per heavy atom. The van der Waals surface area contributed by atoms with E-state index in [4.69, 9.17) is 0 Å². The van der Waals surface area contributed by atoms with Gasteiger partial charge in [0.15, 0.2) is 5.03 Å². The lowest BCUT2D eigenvalue weighted by molar-refractivity contribution is -0.120. The zero-order valence-corrected chi connectivity index (χ0v) is 10.5. The molecule has 1 saturated heterocycles. The molecule has 1 aliphatic rings. The van der Waals surface area contributed by atoms with Gasteiger partial charge in [0.25, 0.3) is 10.0 Å². The van der Waals surface area contributed by atoms with Crippen molar-refractivity contribution in [2.75, 3.05) is 13.1 Å². The Morgan fingerprint density at radius 3 is 2.82 bits per heavy atom. The van der Waals surface area contributed by atoms with E-state index in [9.17, 15) is 13.2 Å². The van der Waals surface area contributed by atoms with Crippen LogP contribution in [0.25, 0.3) is 0 Å². The van der Waals surface area contributed by atoms with Gasteiger partial charge in [-0.15, -0.1) is 0 Å². The molecule has 2 heterocycles. The number of Topliss-reactive ketones (excluding diaryl/α,β-unsaturated/α-hetero) is 1. The molecular formula is C10H15N3O3S. The third kappa shape index (κ3) is 2.39. The van der Waals surface area contributed by atoms with Crippen LogP contribution in [0.1, 0.15) is 19.8 Å². The molecule has 7 heteroatoms. The first kappa shape index (κ1) is 12.3. The van der Waals surface area contributed by atoms with Gasteiger partial charge >= 0.3 is 0 Å². The number of aryl methyl sites for hydroxylation is 1. The Kier molecular flexibility index (Phi) is 3.30. The minimum Gasteiger partial charge on any atom is -0.336 e. The van der Waals surface area contributed by atoms with Crippen molar-refractivity contribution in [2.45, 2.75) is 31.3 Å². The highest BCUT2D eigenvalue weighted by atomic mass is 32.2. The molecular weight excluding hydrogens is 242 g/mol. The van der Waals surface area contributed by atoms with E-state index >= 15 is 0 Å². The molecule has 0 spiro atoms. The van der Waals surface area contributed by atoms with E-state index in [0.29, 0.717) is 25.9 Å². The number of imidazole rings is 1. The molecule has 0 N–H and O–H groups in total. The Balaban J connectivity index is 2.26. The van der Waals surface area contributed by atoms with Crippen LogP contribution in [-0.2, 0) is 21.4 Å². The van der Waals surface area contributed by atoms with Gasteiger partial charge in [0.1, 0.15) is 5.78 Å². The van der Waals surface area contributed by atoms with Gasteiger partial charge in [-0.05, 0) is 13.3 Å². The molecule has 1 aromatic heterocycles. The minimum atomic E-state index is -3.60. The molecule has 17 heavy (non-hydrogen) atoms. The van der Waals surface area contributed by atoms with Crippen molar-refractivity contribution in [1.82, 2.24) is 13.9 Å². The molecule has 0 aliphatic carbocycles. The van der Waals surface area contributed by atoms with Crippen LogP contribution in [0.2, 0.25) is 0 Å². The van der Waals surface area contributed by atoms with Gasteiger partial charge in [-0.1, -0.05) is 0 Å². The molecule has 0 radical (unpaired) electrons. The van der Waals surface area contributed by atoms with E-state index < -0.39 is 10.0 Å². The third-order valence-electron chi connectivity index (χ3n) is 2.79. The van der Waals surface area contributed by atoms with Gasteiger partial charge in [-0.3, -0.25) is 4.79 Å². The SMILES string of the molecule is CCn1cnc(S(=O)(=O)N2CCCC(=O)C2)c1. The van der Waals surface area contributed by atoms with Crippen molar-refractivity contribution in [3.8, 4) is 0 Å². The second-order valence-corrected chi connectivity index (χ2v) is 5.91. The molecule has 6 nitrogen and oxygen atoms in total. The fraction of sp³-hybridized carbons (Fsp3) is 0.600. The van der Waals surface area contributed by atoms with Crippen LogP contribution in [0.3, 0.4) is 0 Å². The number of nitrogens with zero attached hydrogens (tertiary/aromatic N) is 3. The highest BCUT2D eigenvalue weighted by Gasteiger charge is 2.30. The molecule has 0 unspecified atom stereocenters. The molecule has 0 amide bonds. The number of hydrogen-bond donors (Lipinski definition) is 0. The summed E-state index contributed by atoms with van der Waals surface area (Å²) in [7, 11) is -3.60. The summed E-state index contributed by atoms with van der Waals surface area (Å²) in [6.45, 7) is 2.94. The maximum absolute atomic E-state index is 12.2. The van der Waals surface area contributed by atoms with E-state index in [1.165, 1.54) is 16.8 Å². The van der Waals surface area contributed by atoms with Crippen molar-refractivity contribution in [1.29, 1.82) is 0 Å². The van der Waals surface area contributed by atoms with Crippen LogP contribution in [0.4, 0.5) is 0 Å². The first-order chi connectivity index (χ1) is 8.04. The molecule has 0 bridgehead atoms. The number of piperidine rings is 1. The zero-order valence-electron chi connectivity index (χ0n) is 9.66. The molecule has 0 atom stereocenters. The minimum absolute atomic E-state index is 0.0223. The van der Waals surface area contributed by atoms with Crippen molar-refractivity contribution in [3.63, 3.8) is 0 Å². The van der Waals surface area contributed by atoms with E-state index in [-0.39, 0.29) is 17.4 Å². The van der Waals surface area contributed by atoms with Crippen LogP contribution in [-0.4, -0.2) is 41.1 Å². The lowest BCUT2D eigenvalue weighted by atomic mass is 10.1. The first-order valence-electron chi connectivity index (χ1n) is 5.57. The summed E-state index contributed by atoms with van der Waals surface area (Å²) in [5.74, 6) is -0.0326. The predicted octanol–water partition coefficient (Wildman–Crippen LogP) is 0.257. The topological polar surface area (TPSA) is 72.3 Å². The fourth-order valence-electron chi connectivity index (χ4n) is 1.79. The third-order valence-corrected chi connectivity index (χ3v) is 4.53. The molecule has 1 aromatic rings. The van der Waals surface area contributed by atoms with Gasteiger partial charge in [0.2, 0.25) is 0 Å². The van der Waals surface area contributed by atoms with Crippen LogP contribution < -0.4 is 0 Å². The monoisotopic (exact) mass is 257 g/mol. The van der Waals surface area contributed by atoms with Crippen LogP contribution in [0.5, 0.6) is 0 Å². The van der Waals surface area contributed by atoms with E-state index in [1.54, 1.807) is 4.57 Å². The van der Waals surface area contributed by atoms with Crippen molar-refractivity contribution < 1.29 is 13.2 Å². The van der Waals surface area contributed by atoms with Crippen LogP contribution in [0, 0.1) is 0 Å². The fourth-order valence-corrected chi connectivity index (χ4v) is 3.19. The molecule has 0 saturated carbocycles. The summed E-state index contributed by atoms with van der Waals surface area (Å²) in [4.78, 5) is 15.2.